The van der Waals surface area contributed by atoms with Gasteiger partial charge in [0.15, 0.2) is 6.61 Å². The lowest BCUT2D eigenvalue weighted by molar-refractivity contribution is -0.147. The minimum Gasteiger partial charge on any atom is -0.463 e. The van der Waals surface area contributed by atoms with Crippen molar-refractivity contribution in [2.24, 2.45) is 0 Å². The van der Waals surface area contributed by atoms with Crippen LogP contribution in [0.3, 0.4) is 0 Å². The molecule has 2 N–H and O–H groups in total. The van der Waals surface area contributed by atoms with Crippen molar-refractivity contribution in [3.63, 3.8) is 0 Å². The Kier molecular flexibility index (Phi) is 21.2. The second-order valence-electron chi connectivity index (χ2n) is 7.26. The summed E-state index contributed by atoms with van der Waals surface area (Å²) < 4.78 is 19.9. The molecule has 0 aliphatic carbocycles. The van der Waals surface area contributed by atoms with Crippen molar-refractivity contribution < 1.29 is 33.3 Å². The van der Waals surface area contributed by atoms with Crippen LogP contribution in [0.4, 0.5) is 9.59 Å². The number of carbonyl (C=O) groups excluding carboxylic acids is 3. The van der Waals surface area contributed by atoms with Crippen molar-refractivity contribution in [1.82, 2.24) is 10.6 Å². The maximum Gasteiger partial charge on any atom is 0.407 e. The molecule has 0 rings (SSSR count). The molecule has 0 fully saturated rings. The molecule has 182 valence electrons. The molecule has 0 atom stereocenters. The third-order valence-electron chi connectivity index (χ3n) is 4.48. The quantitative estimate of drug-likeness (QED) is 0.165. The van der Waals surface area contributed by atoms with E-state index in [2.05, 4.69) is 17.6 Å². The fourth-order valence-electron chi connectivity index (χ4n) is 2.72. The van der Waals surface area contributed by atoms with Gasteiger partial charge in [0.25, 0.3) is 0 Å². The lowest BCUT2D eigenvalue weighted by Gasteiger charge is -2.08. The molecular formula is C22H42N2O7. The van der Waals surface area contributed by atoms with Gasteiger partial charge in [-0.3, -0.25) is 0 Å². The number of unbranched alkanes of at least 4 members (excludes halogenated alkanes) is 9. The van der Waals surface area contributed by atoms with Crippen LogP contribution in [0.5, 0.6) is 0 Å². The van der Waals surface area contributed by atoms with Crippen molar-refractivity contribution >= 4 is 18.2 Å². The average molecular weight is 447 g/mol. The zero-order valence-electron chi connectivity index (χ0n) is 19.4. The normalized spacial score (nSPS) is 10.4. The van der Waals surface area contributed by atoms with Crippen molar-refractivity contribution in [1.29, 1.82) is 0 Å². The fourth-order valence-corrected chi connectivity index (χ4v) is 2.72. The van der Waals surface area contributed by atoms with E-state index in [4.69, 9.17) is 18.9 Å². The van der Waals surface area contributed by atoms with E-state index < -0.39 is 24.8 Å². The van der Waals surface area contributed by atoms with Crippen molar-refractivity contribution in [3.05, 3.63) is 0 Å². The molecule has 0 unspecified atom stereocenters. The van der Waals surface area contributed by atoms with Gasteiger partial charge in [-0.25, -0.2) is 14.4 Å². The zero-order chi connectivity index (χ0) is 23.0. The van der Waals surface area contributed by atoms with Gasteiger partial charge in [-0.1, -0.05) is 64.7 Å². The number of hydrogen-bond donors (Lipinski definition) is 2. The molecule has 0 aliphatic heterocycles. The van der Waals surface area contributed by atoms with Crippen LogP contribution in [-0.4, -0.2) is 64.8 Å². The van der Waals surface area contributed by atoms with Crippen LogP contribution in [0.1, 0.15) is 77.6 Å². The predicted molar refractivity (Wildman–Crippen MR) is 118 cm³/mol. The zero-order valence-corrected chi connectivity index (χ0v) is 19.4. The van der Waals surface area contributed by atoms with E-state index in [0.717, 1.165) is 19.3 Å². The minimum atomic E-state index is -0.668. The lowest BCUT2D eigenvalue weighted by atomic mass is 10.1. The van der Waals surface area contributed by atoms with Crippen LogP contribution >= 0.6 is 0 Å². The summed E-state index contributed by atoms with van der Waals surface area (Å²) >= 11 is 0. The highest BCUT2D eigenvalue weighted by molar-refractivity contribution is 5.75. The minimum absolute atomic E-state index is 0.163. The molecule has 0 spiro atoms. The summed E-state index contributed by atoms with van der Waals surface area (Å²) in [6.07, 6.45) is 11.6. The monoisotopic (exact) mass is 446 g/mol. The Bertz CT molecular complexity index is 461. The summed E-state index contributed by atoms with van der Waals surface area (Å²) in [5.41, 5.74) is 0. The van der Waals surface area contributed by atoms with Crippen molar-refractivity contribution in [3.8, 4) is 0 Å². The Morgan fingerprint density at radius 1 is 0.645 bits per heavy atom. The third kappa shape index (κ3) is 22.5. The first-order valence-electron chi connectivity index (χ1n) is 11.6. The topological polar surface area (TPSA) is 112 Å². The molecular weight excluding hydrogens is 404 g/mol. The maximum absolute atomic E-state index is 11.6. The molecule has 0 heterocycles. The average Bonchev–Trinajstić information content (AvgIpc) is 2.77. The maximum atomic E-state index is 11.6. The van der Waals surface area contributed by atoms with Crippen LogP contribution in [0.15, 0.2) is 0 Å². The Morgan fingerprint density at radius 2 is 1.29 bits per heavy atom. The van der Waals surface area contributed by atoms with Gasteiger partial charge in [0, 0.05) is 20.2 Å². The summed E-state index contributed by atoms with van der Waals surface area (Å²) in [7, 11) is 1.48. The number of esters is 1. The number of rotatable bonds is 20. The molecule has 0 radical (unpaired) electrons. The van der Waals surface area contributed by atoms with E-state index >= 15 is 0 Å². The number of hydrogen-bond acceptors (Lipinski definition) is 7. The number of alkyl carbamates (subject to hydrolysis) is 2. The highest BCUT2D eigenvalue weighted by Gasteiger charge is 2.08. The van der Waals surface area contributed by atoms with E-state index in [1.54, 1.807) is 0 Å². The van der Waals surface area contributed by atoms with Gasteiger partial charge in [0.05, 0.1) is 13.2 Å². The Morgan fingerprint density at radius 3 is 1.94 bits per heavy atom. The van der Waals surface area contributed by atoms with Crippen LogP contribution < -0.4 is 10.6 Å². The van der Waals surface area contributed by atoms with E-state index in [9.17, 15) is 14.4 Å². The molecule has 0 saturated heterocycles. The number of ether oxygens (including phenoxy) is 4. The van der Waals surface area contributed by atoms with Gasteiger partial charge in [-0.15, -0.1) is 0 Å². The fraction of sp³-hybridized carbons (Fsp3) is 0.864. The molecule has 0 aromatic carbocycles. The first-order chi connectivity index (χ1) is 15.1. The summed E-state index contributed by atoms with van der Waals surface area (Å²) in [4.78, 5) is 33.9. The highest BCUT2D eigenvalue weighted by atomic mass is 16.6. The van der Waals surface area contributed by atoms with Gasteiger partial charge in [0.1, 0.15) is 6.61 Å². The highest BCUT2D eigenvalue weighted by Crippen LogP contribution is 2.10. The van der Waals surface area contributed by atoms with Crippen molar-refractivity contribution in [2.75, 3.05) is 46.6 Å². The summed E-state index contributed by atoms with van der Waals surface area (Å²) in [5.74, 6) is -0.537. The van der Waals surface area contributed by atoms with Gasteiger partial charge >= 0.3 is 18.2 Å². The molecule has 9 heteroatoms. The molecule has 0 aromatic heterocycles. The number of carbonyl (C=O) groups is 3. The van der Waals surface area contributed by atoms with Gasteiger partial charge in [-0.2, -0.15) is 0 Å². The molecule has 0 aliphatic rings. The first-order valence-corrected chi connectivity index (χ1v) is 11.6. The molecule has 0 bridgehead atoms. The first kappa shape index (κ1) is 29.0. The summed E-state index contributed by atoms with van der Waals surface area (Å²) in [6, 6.07) is 0. The third-order valence-corrected chi connectivity index (χ3v) is 4.48. The van der Waals surface area contributed by atoms with E-state index in [-0.39, 0.29) is 13.2 Å². The Labute approximate surface area is 186 Å². The van der Waals surface area contributed by atoms with E-state index in [1.807, 2.05) is 0 Å². The lowest BCUT2D eigenvalue weighted by Crippen LogP contribution is -2.28. The molecule has 0 saturated carbocycles. The molecule has 0 aromatic rings. The SMILES string of the molecule is CCCCCCCCCCCCOC(=O)COC(=O)NCCCOCCOC(=O)NC. The second-order valence-corrected chi connectivity index (χ2v) is 7.26. The van der Waals surface area contributed by atoms with Crippen molar-refractivity contribution in [2.45, 2.75) is 77.6 Å². The number of nitrogens with one attached hydrogen (secondary N) is 2. The Hall–Kier alpha value is -2.03. The van der Waals surface area contributed by atoms with Crippen LogP contribution in [0, 0.1) is 0 Å². The largest absolute Gasteiger partial charge is 0.463 e. The van der Waals surface area contributed by atoms with Crippen LogP contribution in [0.2, 0.25) is 0 Å². The van der Waals surface area contributed by atoms with E-state index in [1.165, 1.54) is 52.0 Å². The smallest absolute Gasteiger partial charge is 0.407 e. The van der Waals surface area contributed by atoms with Crippen LogP contribution in [0.25, 0.3) is 0 Å². The Balaban J connectivity index is 3.34. The van der Waals surface area contributed by atoms with Gasteiger partial charge < -0.3 is 29.6 Å². The predicted octanol–water partition coefficient (Wildman–Crippen LogP) is 3.94. The molecule has 2 amide bonds. The second kappa shape index (κ2) is 22.7. The van der Waals surface area contributed by atoms with Gasteiger partial charge in [-0.05, 0) is 12.8 Å². The molecule has 9 nitrogen and oxygen atoms in total. The number of amides is 2. The summed E-state index contributed by atoms with van der Waals surface area (Å²) in [5, 5.41) is 4.85. The molecule has 31 heavy (non-hydrogen) atoms. The van der Waals surface area contributed by atoms with E-state index in [0.29, 0.717) is 26.2 Å². The van der Waals surface area contributed by atoms with Crippen LogP contribution in [-0.2, 0) is 23.7 Å². The summed E-state index contributed by atoms with van der Waals surface area (Å²) in [6.45, 7) is 3.39. The standard InChI is InChI=1S/C22H42N2O7/c1-3-4-5-6-7-8-9-10-11-12-16-29-20(25)19-31-22(27)24-14-13-15-28-17-18-30-21(26)23-2/h3-19H2,1-2H3,(H,23,26)(H,24,27). The van der Waals surface area contributed by atoms with Gasteiger partial charge in [0.2, 0.25) is 0 Å².